The monoisotopic (exact) mass is 516 g/mol. The Kier molecular flexibility index (Phi) is 7.37. The number of piperazine rings is 1. The van der Waals surface area contributed by atoms with Crippen LogP contribution in [0.15, 0.2) is 29.2 Å². The largest absolute Gasteiger partial charge is 0.416 e. The summed E-state index contributed by atoms with van der Waals surface area (Å²) < 4.78 is 60.0. The van der Waals surface area contributed by atoms with Crippen molar-refractivity contribution in [2.45, 2.75) is 51.1 Å². The molecule has 0 bridgehead atoms. The van der Waals surface area contributed by atoms with Crippen LogP contribution >= 0.6 is 11.6 Å². The van der Waals surface area contributed by atoms with E-state index in [1.165, 1.54) is 15.8 Å². The number of rotatable bonds is 5. The summed E-state index contributed by atoms with van der Waals surface area (Å²) in [7, 11) is 0. The van der Waals surface area contributed by atoms with Gasteiger partial charge in [0.05, 0.1) is 24.0 Å². The highest BCUT2D eigenvalue weighted by Gasteiger charge is 2.35. The van der Waals surface area contributed by atoms with Crippen LogP contribution in [-0.2, 0) is 22.1 Å². The van der Waals surface area contributed by atoms with Gasteiger partial charge in [-0.25, -0.2) is 4.39 Å². The van der Waals surface area contributed by atoms with Gasteiger partial charge in [-0.05, 0) is 50.3 Å². The van der Waals surface area contributed by atoms with Gasteiger partial charge in [0.15, 0.2) is 6.23 Å². The number of ether oxygens (including phenoxy) is 1. The Morgan fingerprint density at radius 3 is 2.69 bits per heavy atom. The fraction of sp³-hybridized carbons (Fsp3) is 0.522. The van der Waals surface area contributed by atoms with Crippen LogP contribution in [-0.4, -0.2) is 52.9 Å². The first kappa shape index (κ1) is 25.4. The van der Waals surface area contributed by atoms with Gasteiger partial charge in [0.2, 0.25) is 5.91 Å². The molecule has 7 nitrogen and oxygen atoms in total. The predicted octanol–water partition coefficient (Wildman–Crippen LogP) is 4.03. The van der Waals surface area contributed by atoms with Crippen LogP contribution in [0, 0.1) is 5.82 Å². The predicted molar refractivity (Wildman–Crippen MR) is 121 cm³/mol. The molecule has 2 aromatic rings. The van der Waals surface area contributed by atoms with E-state index in [-0.39, 0.29) is 48.6 Å². The maximum absolute atomic E-state index is 13.4. The second kappa shape index (κ2) is 10.1. The van der Waals surface area contributed by atoms with Gasteiger partial charge < -0.3 is 14.5 Å². The minimum Gasteiger partial charge on any atom is -0.356 e. The zero-order valence-corrected chi connectivity index (χ0v) is 19.8. The van der Waals surface area contributed by atoms with Crippen molar-refractivity contribution in [3.8, 4) is 0 Å². The second-order valence-electron chi connectivity index (χ2n) is 8.78. The quantitative estimate of drug-likeness (QED) is 0.561. The highest BCUT2D eigenvalue weighted by Crippen LogP contribution is 2.33. The molecular weight excluding hydrogens is 492 g/mol. The molecule has 0 N–H and O–H groups in total. The van der Waals surface area contributed by atoms with E-state index in [0.29, 0.717) is 24.8 Å². The minimum absolute atomic E-state index is 0.0400. The molecule has 4 rings (SSSR count). The fourth-order valence-electron chi connectivity index (χ4n) is 4.50. The van der Waals surface area contributed by atoms with Crippen molar-refractivity contribution in [2.75, 3.05) is 31.1 Å². The maximum atomic E-state index is 13.4. The summed E-state index contributed by atoms with van der Waals surface area (Å²) in [4.78, 5) is 28.8. The average molecular weight is 517 g/mol. The van der Waals surface area contributed by atoms with Gasteiger partial charge in [-0.3, -0.25) is 9.59 Å². The Morgan fingerprint density at radius 2 is 2.00 bits per heavy atom. The SMILES string of the molecule is C[C@@H]1CN(CCc2ccc(F)cc2C(F)(F)F)C(=O)CN1c1cnn(C2CCCCO2)c(=O)c1Cl. The van der Waals surface area contributed by atoms with E-state index in [9.17, 15) is 27.2 Å². The van der Waals surface area contributed by atoms with E-state index >= 15 is 0 Å². The van der Waals surface area contributed by atoms with E-state index < -0.39 is 29.3 Å². The molecule has 12 heteroatoms. The molecular formula is C23H25ClF4N4O3. The van der Waals surface area contributed by atoms with E-state index in [1.54, 1.807) is 4.90 Å². The highest BCUT2D eigenvalue weighted by atomic mass is 35.5. The molecule has 0 aliphatic carbocycles. The summed E-state index contributed by atoms with van der Waals surface area (Å²) >= 11 is 6.38. The Hall–Kier alpha value is -2.66. The van der Waals surface area contributed by atoms with Gasteiger partial charge in [-0.15, -0.1) is 0 Å². The van der Waals surface area contributed by atoms with Gasteiger partial charge >= 0.3 is 6.18 Å². The van der Waals surface area contributed by atoms with Crippen molar-refractivity contribution in [3.63, 3.8) is 0 Å². The minimum atomic E-state index is -4.69. The van der Waals surface area contributed by atoms with Crippen molar-refractivity contribution in [1.29, 1.82) is 0 Å². The van der Waals surface area contributed by atoms with Gasteiger partial charge in [0.1, 0.15) is 10.8 Å². The van der Waals surface area contributed by atoms with Crippen molar-refractivity contribution < 1.29 is 27.1 Å². The molecule has 2 atom stereocenters. The molecule has 190 valence electrons. The Labute approximate surface area is 204 Å². The van der Waals surface area contributed by atoms with Crippen LogP contribution in [0.25, 0.3) is 0 Å². The molecule has 1 aromatic carbocycles. The molecule has 2 aliphatic rings. The molecule has 0 radical (unpaired) electrons. The zero-order chi connectivity index (χ0) is 25.3. The summed E-state index contributed by atoms with van der Waals surface area (Å²) in [5.74, 6) is -1.29. The second-order valence-corrected chi connectivity index (χ2v) is 9.16. The van der Waals surface area contributed by atoms with E-state index in [2.05, 4.69) is 5.10 Å². The van der Waals surface area contributed by atoms with Gasteiger partial charge in [-0.1, -0.05) is 17.7 Å². The van der Waals surface area contributed by atoms with Crippen molar-refractivity contribution in [3.05, 3.63) is 56.7 Å². The summed E-state index contributed by atoms with van der Waals surface area (Å²) in [6, 6.07) is 2.26. The van der Waals surface area contributed by atoms with Gasteiger partial charge in [0.25, 0.3) is 5.56 Å². The Morgan fingerprint density at radius 1 is 1.23 bits per heavy atom. The molecule has 0 spiro atoms. The molecule has 35 heavy (non-hydrogen) atoms. The molecule has 2 fully saturated rings. The first-order valence-electron chi connectivity index (χ1n) is 11.3. The third-order valence-corrected chi connectivity index (χ3v) is 6.72. The third kappa shape index (κ3) is 5.45. The summed E-state index contributed by atoms with van der Waals surface area (Å²) in [6.45, 7) is 2.50. The van der Waals surface area contributed by atoms with Crippen LogP contribution in [0.5, 0.6) is 0 Å². The molecule has 2 saturated heterocycles. The number of anilines is 1. The number of halogens is 5. The number of aromatic nitrogens is 2. The number of hydrogen-bond acceptors (Lipinski definition) is 5. The smallest absolute Gasteiger partial charge is 0.356 e. The fourth-order valence-corrected chi connectivity index (χ4v) is 4.75. The van der Waals surface area contributed by atoms with Crippen LogP contribution in [0.2, 0.25) is 5.02 Å². The van der Waals surface area contributed by atoms with E-state index in [1.807, 2.05) is 6.92 Å². The van der Waals surface area contributed by atoms with Gasteiger partial charge in [-0.2, -0.15) is 23.0 Å². The van der Waals surface area contributed by atoms with E-state index in [0.717, 1.165) is 25.0 Å². The third-order valence-electron chi connectivity index (χ3n) is 6.37. The standard InChI is InChI=1S/C23H25ClF4N4O3/c1-14-12-30(8-7-15-5-6-16(25)10-17(15)23(26,27)28)19(33)13-31(14)18-11-29-32(22(34)21(18)24)20-4-2-3-9-35-20/h5-6,10-11,14,20H,2-4,7-9,12-13H2,1H3/t14-,20?/m1/s1. The van der Waals surface area contributed by atoms with Crippen LogP contribution in [0.1, 0.15) is 43.5 Å². The number of carbonyl (C=O) groups is 1. The van der Waals surface area contributed by atoms with Crippen molar-refractivity contribution in [1.82, 2.24) is 14.7 Å². The summed E-state index contributed by atoms with van der Waals surface area (Å²) in [5, 5.41) is 4.16. The number of amides is 1. The molecule has 1 aromatic heterocycles. The Bertz CT molecular complexity index is 1150. The normalized spacial score (nSPS) is 21.5. The zero-order valence-electron chi connectivity index (χ0n) is 19.0. The number of hydrogen-bond donors (Lipinski definition) is 0. The molecule has 3 heterocycles. The lowest BCUT2D eigenvalue weighted by molar-refractivity contribution is -0.138. The van der Waals surface area contributed by atoms with Crippen LogP contribution in [0.4, 0.5) is 23.2 Å². The number of nitrogens with zero attached hydrogens (tertiary/aromatic N) is 4. The highest BCUT2D eigenvalue weighted by molar-refractivity contribution is 6.33. The van der Waals surface area contributed by atoms with Crippen LogP contribution < -0.4 is 10.5 Å². The van der Waals surface area contributed by atoms with Gasteiger partial charge in [0, 0.05) is 25.7 Å². The number of benzene rings is 1. The molecule has 2 aliphatic heterocycles. The average Bonchev–Trinajstić information content (AvgIpc) is 2.82. The topological polar surface area (TPSA) is 67.7 Å². The molecule has 1 amide bonds. The summed E-state index contributed by atoms with van der Waals surface area (Å²) in [6.07, 6.45) is -1.33. The Balaban J connectivity index is 1.47. The van der Waals surface area contributed by atoms with E-state index in [4.69, 9.17) is 16.3 Å². The number of alkyl halides is 3. The van der Waals surface area contributed by atoms with Crippen molar-refractivity contribution >= 4 is 23.2 Å². The first-order valence-corrected chi connectivity index (χ1v) is 11.7. The summed E-state index contributed by atoms with van der Waals surface area (Å²) in [5.41, 5.74) is -1.31. The van der Waals surface area contributed by atoms with Crippen LogP contribution in [0.3, 0.4) is 0 Å². The van der Waals surface area contributed by atoms with Crippen molar-refractivity contribution in [2.24, 2.45) is 0 Å². The lowest BCUT2D eigenvalue weighted by Gasteiger charge is -2.41. The maximum Gasteiger partial charge on any atom is 0.416 e. The first-order chi connectivity index (χ1) is 16.6. The number of carbonyl (C=O) groups excluding carboxylic acids is 1. The lowest BCUT2D eigenvalue weighted by atomic mass is 10.0. The molecule has 0 saturated carbocycles. The molecule has 1 unspecified atom stereocenters. The lowest BCUT2D eigenvalue weighted by Crippen LogP contribution is -2.56.